The third-order valence-corrected chi connectivity index (χ3v) is 3.44. The Hall–Kier alpha value is -1.84. The molecule has 0 aliphatic carbocycles. The minimum atomic E-state index is -0.111. The molecule has 114 valence electrons. The molecule has 0 heterocycles. The van der Waals surface area contributed by atoms with Gasteiger partial charge in [0.15, 0.2) is 0 Å². The summed E-state index contributed by atoms with van der Waals surface area (Å²) >= 11 is 11.8. The fourth-order valence-electron chi connectivity index (χ4n) is 1.98. The van der Waals surface area contributed by atoms with Gasteiger partial charge in [-0.2, -0.15) is 5.10 Å². The summed E-state index contributed by atoms with van der Waals surface area (Å²) in [5.41, 5.74) is 4.47. The maximum absolute atomic E-state index is 11.7. The molecule has 0 fully saturated rings. The molecular formula is C17H16Cl2N2O. The van der Waals surface area contributed by atoms with Crippen molar-refractivity contribution in [2.24, 2.45) is 5.10 Å². The monoisotopic (exact) mass is 334 g/mol. The summed E-state index contributed by atoms with van der Waals surface area (Å²) in [4.78, 5) is 11.7. The number of carbonyl (C=O) groups is 1. The highest BCUT2D eigenvalue weighted by Crippen LogP contribution is 2.17. The molecule has 2 aromatic carbocycles. The number of nitrogens with zero attached hydrogens (tertiary/aromatic N) is 1. The van der Waals surface area contributed by atoms with E-state index in [4.69, 9.17) is 23.2 Å². The van der Waals surface area contributed by atoms with Gasteiger partial charge in [-0.3, -0.25) is 4.79 Å². The van der Waals surface area contributed by atoms with Crippen molar-refractivity contribution in [2.75, 3.05) is 0 Å². The Balaban J connectivity index is 1.74. The van der Waals surface area contributed by atoms with E-state index in [1.807, 2.05) is 18.2 Å². The molecule has 0 bridgehead atoms. The van der Waals surface area contributed by atoms with Crippen LogP contribution in [0.2, 0.25) is 10.0 Å². The van der Waals surface area contributed by atoms with Crippen molar-refractivity contribution in [3.8, 4) is 0 Å². The van der Waals surface area contributed by atoms with E-state index < -0.39 is 0 Å². The van der Waals surface area contributed by atoms with Crippen molar-refractivity contribution in [1.82, 2.24) is 5.43 Å². The van der Waals surface area contributed by atoms with Crippen molar-refractivity contribution in [1.29, 1.82) is 0 Å². The third-order valence-electron chi connectivity index (χ3n) is 3.00. The number of hydrogen-bond acceptors (Lipinski definition) is 2. The molecular weight excluding hydrogens is 319 g/mol. The van der Waals surface area contributed by atoms with Gasteiger partial charge in [0, 0.05) is 16.5 Å². The van der Waals surface area contributed by atoms with Gasteiger partial charge >= 0.3 is 0 Å². The van der Waals surface area contributed by atoms with E-state index in [9.17, 15) is 4.79 Å². The average Bonchev–Trinajstić information content (AvgIpc) is 2.47. The summed E-state index contributed by atoms with van der Waals surface area (Å²) in [6, 6.07) is 15.2. The maximum Gasteiger partial charge on any atom is 0.240 e. The zero-order valence-electron chi connectivity index (χ0n) is 11.9. The summed E-state index contributed by atoms with van der Waals surface area (Å²) in [5.74, 6) is -0.111. The predicted molar refractivity (Wildman–Crippen MR) is 91.6 cm³/mol. The van der Waals surface area contributed by atoms with Crippen molar-refractivity contribution < 1.29 is 4.79 Å². The van der Waals surface area contributed by atoms with Gasteiger partial charge in [-0.25, -0.2) is 5.43 Å². The molecule has 0 aliphatic heterocycles. The third kappa shape index (κ3) is 5.88. The Morgan fingerprint density at radius 3 is 2.45 bits per heavy atom. The zero-order chi connectivity index (χ0) is 15.8. The van der Waals surface area contributed by atoms with Gasteiger partial charge in [0.2, 0.25) is 5.91 Å². The maximum atomic E-state index is 11.7. The second-order valence-electron chi connectivity index (χ2n) is 4.84. The molecule has 1 N–H and O–H groups in total. The van der Waals surface area contributed by atoms with E-state index in [1.165, 1.54) is 11.8 Å². The minimum Gasteiger partial charge on any atom is -0.273 e. The van der Waals surface area contributed by atoms with Gasteiger partial charge in [0.05, 0.1) is 6.21 Å². The van der Waals surface area contributed by atoms with Gasteiger partial charge in [-0.05, 0) is 42.2 Å². The molecule has 5 heteroatoms. The standard InChI is InChI=1S/C17H16Cl2N2O/c18-15-9-14(10-16(19)11-15)12-20-21-17(22)8-4-7-13-5-2-1-3-6-13/h1-3,5-6,9-12H,4,7-8H2,(H,21,22)/b20-12+. The molecule has 0 radical (unpaired) electrons. The van der Waals surface area contributed by atoms with E-state index in [1.54, 1.807) is 18.2 Å². The van der Waals surface area contributed by atoms with Crippen LogP contribution in [0.3, 0.4) is 0 Å². The highest BCUT2D eigenvalue weighted by atomic mass is 35.5. The molecule has 0 aliphatic rings. The first-order chi connectivity index (χ1) is 10.6. The summed E-state index contributed by atoms with van der Waals surface area (Å²) in [6.45, 7) is 0. The van der Waals surface area contributed by atoms with Crippen molar-refractivity contribution >= 4 is 35.3 Å². The Bertz CT molecular complexity index is 637. The van der Waals surface area contributed by atoms with Crippen molar-refractivity contribution in [2.45, 2.75) is 19.3 Å². The van der Waals surface area contributed by atoms with Crippen LogP contribution in [0, 0.1) is 0 Å². The van der Waals surface area contributed by atoms with Gasteiger partial charge in [-0.1, -0.05) is 53.5 Å². The molecule has 0 atom stereocenters. The molecule has 0 spiro atoms. The summed E-state index contributed by atoms with van der Waals surface area (Å²) in [5, 5.41) is 4.97. The van der Waals surface area contributed by atoms with Crippen LogP contribution in [0.25, 0.3) is 0 Å². The van der Waals surface area contributed by atoms with Crippen LogP contribution in [0.5, 0.6) is 0 Å². The molecule has 22 heavy (non-hydrogen) atoms. The number of nitrogens with one attached hydrogen (secondary N) is 1. The van der Waals surface area contributed by atoms with Gasteiger partial charge in [0.1, 0.15) is 0 Å². The highest BCUT2D eigenvalue weighted by Gasteiger charge is 2.00. The zero-order valence-corrected chi connectivity index (χ0v) is 13.4. The number of benzene rings is 2. The summed E-state index contributed by atoms with van der Waals surface area (Å²) < 4.78 is 0. The normalized spacial score (nSPS) is 10.8. The average molecular weight is 335 g/mol. The van der Waals surface area contributed by atoms with Gasteiger partial charge in [0.25, 0.3) is 0 Å². The highest BCUT2D eigenvalue weighted by molar-refractivity contribution is 6.35. The molecule has 0 saturated heterocycles. The fraction of sp³-hybridized carbons (Fsp3) is 0.176. The second kappa shape index (κ2) is 8.57. The number of hydrazone groups is 1. The molecule has 2 aromatic rings. The van der Waals surface area contributed by atoms with E-state index in [0.717, 1.165) is 18.4 Å². The number of aryl methyl sites for hydroxylation is 1. The molecule has 2 rings (SSSR count). The SMILES string of the molecule is O=C(CCCc1ccccc1)N/N=C/c1cc(Cl)cc(Cl)c1. The fourth-order valence-corrected chi connectivity index (χ4v) is 2.53. The first-order valence-electron chi connectivity index (χ1n) is 6.95. The Morgan fingerprint density at radius 2 is 1.77 bits per heavy atom. The van der Waals surface area contributed by atoms with Crippen molar-refractivity contribution in [3.63, 3.8) is 0 Å². The lowest BCUT2D eigenvalue weighted by atomic mass is 10.1. The van der Waals surface area contributed by atoms with E-state index in [0.29, 0.717) is 16.5 Å². The number of rotatable bonds is 6. The van der Waals surface area contributed by atoms with E-state index in [2.05, 4.69) is 22.7 Å². The van der Waals surface area contributed by atoms with Crippen LogP contribution in [-0.2, 0) is 11.2 Å². The van der Waals surface area contributed by atoms with Crippen LogP contribution in [0.4, 0.5) is 0 Å². The van der Waals surface area contributed by atoms with Crippen LogP contribution in [0.1, 0.15) is 24.0 Å². The molecule has 0 saturated carbocycles. The van der Waals surface area contributed by atoms with Crippen LogP contribution < -0.4 is 5.43 Å². The topological polar surface area (TPSA) is 41.5 Å². The molecule has 3 nitrogen and oxygen atoms in total. The lowest BCUT2D eigenvalue weighted by Gasteiger charge is -2.01. The van der Waals surface area contributed by atoms with Crippen LogP contribution in [0.15, 0.2) is 53.6 Å². The van der Waals surface area contributed by atoms with E-state index >= 15 is 0 Å². The van der Waals surface area contributed by atoms with Crippen LogP contribution >= 0.6 is 23.2 Å². The van der Waals surface area contributed by atoms with Crippen LogP contribution in [-0.4, -0.2) is 12.1 Å². The lowest BCUT2D eigenvalue weighted by Crippen LogP contribution is -2.17. The quantitative estimate of drug-likeness (QED) is 0.614. The van der Waals surface area contributed by atoms with Crippen molar-refractivity contribution in [3.05, 3.63) is 69.7 Å². The number of hydrogen-bond donors (Lipinski definition) is 1. The van der Waals surface area contributed by atoms with E-state index in [-0.39, 0.29) is 5.91 Å². The first-order valence-corrected chi connectivity index (χ1v) is 7.71. The Kier molecular flexibility index (Phi) is 6.44. The summed E-state index contributed by atoms with van der Waals surface area (Å²) in [6.07, 6.45) is 3.62. The molecule has 0 unspecified atom stereocenters. The Labute approximate surface area is 139 Å². The number of halogens is 2. The minimum absolute atomic E-state index is 0.111. The largest absolute Gasteiger partial charge is 0.273 e. The number of amides is 1. The Morgan fingerprint density at radius 1 is 1.09 bits per heavy atom. The smallest absolute Gasteiger partial charge is 0.240 e. The second-order valence-corrected chi connectivity index (χ2v) is 5.71. The number of carbonyl (C=O) groups excluding carboxylic acids is 1. The first kappa shape index (κ1) is 16.5. The molecule has 0 aromatic heterocycles. The predicted octanol–water partition coefficient (Wildman–Crippen LogP) is 4.47. The van der Waals surface area contributed by atoms with Gasteiger partial charge < -0.3 is 0 Å². The van der Waals surface area contributed by atoms with Gasteiger partial charge in [-0.15, -0.1) is 0 Å². The molecule has 1 amide bonds. The summed E-state index contributed by atoms with van der Waals surface area (Å²) in [7, 11) is 0. The lowest BCUT2D eigenvalue weighted by molar-refractivity contribution is -0.121.